The zero-order valence-corrected chi connectivity index (χ0v) is 13.9. The SMILES string of the molecule is C=CCNC(=O)C(C)Sc1nnc(COc2ccc(F)cc2)n1N. The molecule has 0 spiro atoms. The summed E-state index contributed by atoms with van der Waals surface area (Å²) in [5.74, 6) is 6.32. The number of carbonyl (C=O) groups excluding carboxylic acids is 1. The summed E-state index contributed by atoms with van der Waals surface area (Å²) in [6, 6.07) is 5.61. The largest absolute Gasteiger partial charge is 0.486 e. The lowest BCUT2D eigenvalue weighted by Gasteiger charge is -2.10. The molecule has 0 saturated carbocycles. The van der Waals surface area contributed by atoms with Gasteiger partial charge in [-0.15, -0.1) is 16.8 Å². The molecule has 0 radical (unpaired) electrons. The number of nitrogens with one attached hydrogen (secondary N) is 1. The van der Waals surface area contributed by atoms with Crippen LogP contribution in [0.3, 0.4) is 0 Å². The molecule has 0 aliphatic rings. The van der Waals surface area contributed by atoms with Crippen molar-refractivity contribution in [1.82, 2.24) is 20.2 Å². The molecular weight excluding hydrogens is 333 g/mol. The molecule has 1 atom stereocenters. The number of amides is 1. The first-order valence-corrected chi connectivity index (χ1v) is 8.02. The molecule has 1 heterocycles. The Labute approximate surface area is 143 Å². The van der Waals surface area contributed by atoms with Gasteiger partial charge in [-0.1, -0.05) is 17.8 Å². The summed E-state index contributed by atoms with van der Waals surface area (Å²) < 4.78 is 19.6. The van der Waals surface area contributed by atoms with Gasteiger partial charge in [0.1, 0.15) is 18.2 Å². The Morgan fingerprint density at radius 2 is 2.21 bits per heavy atom. The van der Waals surface area contributed by atoms with Crippen LogP contribution in [-0.2, 0) is 11.4 Å². The Kier molecular flexibility index (Phi) is 6.19. The molecule has 1 aromatic heterocycles. The third-order valence-electron chi connectivity index (χ3n) is 2.99. The van der Waals surface area contributed by atoms with Gasteiger partial charge in [0.2, 0.25) is 11.1 Å². The number of rotatable bonds is 8. The summed E-state index contributed by atoms with van der Waals surface area (Å²) >= 11 is 1.19. The quantitative estimate of drug-likeness (QED) is 0.425. The van der Waals surface area contributed by atoms with Crippen LogP contribution >= 0.6 is 11.8 Å². The van der Waals surface area contributed by atoms with Gasteiger partial charge < -0.3 is 15.9 Å². The highest BCUT2D eigenvalue weighted by molar-refractivity contribution is 8.00. The molecule has 9 heteroatoms. The van der Waals surface area contributed by atoms with E-state index in [2.05, 4.69) is 22.1 Å². The second-order valence-electron chi connectivity index (χ2n) is 4.81. The van der Waals surface area contributed by atoms with Crippen LogP contribution < -0.4 is 15.9 Å². The van der Waals surface area contributed by atoms with Gasteiger partial charge in [0.25, 0.3) is 0 Å². The van der Waals surface area contributed by atoms with E-state index >= 15 is 0 Å². The number of nitrogen functional groups attached to an aromatic ring is 1. The van der Waals surface area contributed by atoms with E-state index in [1.165, 1.54) is 40.7 Å². The molecule has 0 aliphatic heterocycles. The lowest BCUT2D eigenvalue weighted by molar-refractivity contribution is -0.120. The van der Waals surface area contributed by atoms with E-state index in [1.807, 2.05) is 0 Å². The Morgan fingerprint density at radius 1 is 1.50 bits per heavy atom. The fourth-order valence-electron chi connectivity index (χ4n) is 1.69. The minimum Gasteiger partial charge on any atom is -0.486 e. The van der Waals surface area contributed by atoms with Crippen LogP contribution in [0.1, 0.15) is 12.7 Å². The molecule has 24 heavy (non-hydrogen) atoms. The van der Waals surface area contributed by atoms with E-state index in [0.29, 0.717) is 23.3 Å². The average molecular weight is 351 g/mol. The van der Waals surface area contributed by atoms with Gasteiger partial charge in [-0.25, -0.2) is 9.07 Å². The molecule has 0 aliphatic carbocycles. The Hall–Kier alpha value is -2.55. The number of nitrogens with zero attached hydrogens (tertiary/aromatic N) is 3. The van der Waals surface area contributed by atoms with Crippen molar-refractivity contribution in [3.8, 4) is 5.75 Å². The molecule has 0 bridgehead atoms. The molecule has 1 unspecified atom stereocenters. The van der Waals surface area contributed by atoms with E-state index in [0.717, 1.165) is 0 Å². The molecular formula is C15H18FN5O2S. The molecule has 0 fully saturated rings. The van der Waals surface area contributed by atoms with Crippen molar-refractivity contribution < 1.29 is 13.9 Å². The second kappa shape index (κ2) is 8.34. The fraction of sp³-hybridized carbons (Fsp3) is 0.267. The maximum absolute atomic E-state index is 12.8. The van der Waals surface area contributed by atoms with E-state index in [1.54, 1.807) is 13.0 Å². The average Bonchev–Trinajstić information content (AvgIpc) is 2.92. The lowest BCUT2D eigenvalue weighted by atomic mass is 10.3. The Balaban J connectivity index is 1.94. The Bertz CT molecular complexity index is 704. The van der Waals surface area contributed by atoms with Crippen LogP contribution in [0.2, 0.25) is 0 Å². The standard InChI is InChI=1S/C15H18FN5O2S/c1-3-8-18-14(22)10(2)24-15-20-19-13(21(15)17)9-23-12-6-4-11(16)5-7-12/h3-7,10H,1,8-9,17H2,2H3,(H,18,22). The summed E-state index contributed by atoms with van der Waals surface area (Å²) in [6.45, 7) is 5.76. The monoisotopic (exact) mass is 351 g/mol. The van der Waals surface area contributed by atoms with Crippen molar-refractivity contribution in [3.05, 3.63) is 48.6 Å². The molecule has 2 rings (SSSR count). The van der Waals surface area contributed by atoms with E-state index in [-0.39, 0.29) is 23.6 Å². The maximum Gasteiger partial charge on any atom is 0.233 e. The number of thioether (sulfide) groups is 1. The van der Waals surface area contributed by atoms with E-state index in [4.69, 9.17) is 10.6 Å². The highest BCUT2D eigenvalue weighted by atomic mass is 32.2. The maximum atomic E-state index is 12.8. The molecule has 128 valence electrons. The molecule has 2 aromatic rings. The number of nitrogens with two attached hydrogens (primary N) is 1. The van der Waals surface area contributed by atoms with Gasteiger partial charge in [0.05, 0.1) is 5.25 Å². The number of aromatic nitrogens is 3. The zero-order valence-electron chi connectivity index (χ0n) is 13.1. The Morgan fingerprint density at radius 3 is 2.88 bits per heavy atom. The third kappa shape index (κ3) is 4.72. The summed E-state index contributed by atoms with van der Waals surface area (Å²) in [7, 11) is 0. The van der Waals surface area contributed by atoms with Gasteiger partial charge in [-0.2, -0.15) is 0 Å². The molecule has 0 saturated heterocycles. The topological polar surface area (TPSA) is 95.1 Å². The minimum atomic E-state index is -0.387. The molecule has 7 nitrogen and oxygen atoms in total. The summed E-state index contributed by atoms with van der Waals surface area (Å²) in [6.07, 6.45) is 1.60. The van der Waals surface area contributed by atoms with Gasteiger partial charge in [0.15, 0.2) is 5.82 Å². The molecule has 3 N–H and O–H groups in total. The van der Waals surface area contributed by atoms with Crippen molar-refractivity contribution >= 4 is 17.7 Å². The normalized spacial score (nSPS) is 11.8. The van der Waals surface area contributed by atoms with Crippen LogP contribution in [0.15, 0.2) is 42.1 Å². The van der Waals surface area contributed by atoms with Crippen LogP contribution in [0.5, 0.6) is 5.75 Å². The minimum absolute atomic E-state index is 0.0761. The van der Waals surface area contributed by atoms with Crippen LogP contribution in [0, 0.1) is 5.82 Å². The molecule has 1 aromatic carbocycles. The van der Waals surface area contributed by atoms with Crippen LogP contribution in [0.25, 0.3) is 0 Å². The predicted molar refractivity (Wildman–Crippen MR) is 89.4 cm³/mol. The number of hydrogen-bond acceptors (Lipinski definition) is 6. The van der Waals surface area contributed by atoms with Gasteiger partial charge >= 0.3 is 0 Å². The van der Waals surface area contributed by atoms with Crippen LogP contribution in [-0.4, -0.2) is 32.6 Å². The van der Waals surface area contributed by atoms with Gasteiger partial charge in [-0.05, 0) is 31.2 Å². The predicted octanol–water partition coefficient (Wildman–Crippen LogP) is 1.49. The van der Waals surface area contributed by atoms with Crippen molar-refractivity contribution in [3.63, 3.8) is 0 Å². The first-order valence-electron chi connectivity index (χ1n) is 7.14. The summed E-state index contributed by atoms with van der Waals surface area (Å²) in [5, 5.41) is 10.6. The summed E-state index contributed by atoms with van der Waals surface area (Å²) in [5.41, 5.74) is 0. The highest BCUT2D eigenvalue weighted by Gasteiger charge is 2.19. The second-order valence-corrected chi connectivity index (χ2v) is 6.11. The lowest BCUT2D eigenvalue weighted by Crippen LogP contribution is -2.31. The van der Waals surface area contributed by atoms with Gasteiger partial charge in [-0.3, -0.25) is 4.79 Å². The van der Waals surface area contributed by atoms with Crippen molar-refractivity contribution in [1.29, 1.82) is 0 Å². The first kappa shape index (κ1) is 17.8. The number of hydrogen-bond donors (Lipinski definition) is 2. The van der Waals surface area contributed by atoms with Crippen molar-refractivity contribution in [2.45, 2.75) is 23.9 Å². The third-order valence-corrected chi connectivity index (χ3v) is 4.05. The smallest absolute Gasteiger partial charge is 0.233 e. The zero-order chi connectivity index (χ0) is 17.5. The number of ether oxygens (including phenoxy) is 1. The molecule has 1 amide bonds. The first-order chi connectivity index (χ1) is 11.5. The van der Waals surface area contributed by atoms with Crippen LogP contribution in [0.4, 0.5) is 4.39 Å². The van der Waals surface area contributed by atoms with Gasteiger partial charge in [0, 0.05) is 6.54 Å². The van der Waals surface area contributed by atoms with E-state index < -0.39 is 0 Å². The number of halogens is 1. The van der Waals surface area contributed by atoms with Crippen molar-refractivity contribution in [2.75, 3.05) is 12.4 Å². The number of carbonyl (C=O) groups is 1. The fourth-order valence-corrected chi connectivity index (χ4v) is 2.51. The number of benzene rings is 1. The van der Waals surface area contributed by atoms with E-state index in [9.17, 15) is 9.18 Å². The highest BCUT2D eigenvalue weighted by Crippen LogP contribution is 2.21. The van der Waals surface area contributed by atoms with Crippen molar-refractivity contribution in [2.24, 2.45) is 0 Å². The summed E-state index contributed by atoms with van der Waals surface area (Å²) in [4.78, 5) is 11.8.